The van der Waals surface area contributed by atoms with Crippen molar-refractivity contribution in [2.45, 2.75) is 26.2 Å². The Labute approximate surface area is 132 Å². The third-order valence-corrected chi connectivity index (χ3v) is 3.36. The number of anilines is 2. The summed E-state index contributed by atoms with van der Waals surface area (Å²) in [4.78, 5) is 8.47. The minimum Gasteiger partial charge on any atom is -0.497 e. The largest absolute Gasteiger partial charge is 0.497 e. The molecule has 0 radical (unpaired) electrons. The maximum absolute atomic E-state index is 5.23. The first-order chi connectivity index (χ1) is 10.8. The Hall–Kier alpha value is -2.30. The van der Waals surface area contributed by atoms with E-state index in [9.17, 15) is 0 Å². The molecule has 0 saturated heterocycles. The van der Waals surface area contributed by atoms with Crippen LogP contribution >= 0.6 is 0 Å². The van der Waals surface area contributed by atoms with E-state index in [0.29, 0.717) is 0 Å². The van der Waals surface area contributed by atoms with E-state index in [4.69, 9.17) is 4.74 Å². The number of rotatable bonds is 9. The SMILES string of the molecule is CCCCNc1cc(NCCc2cccc(OC)c2)ncn1. The lowest BCUT2D eigenvalue weighted by Gasteiger charge is -2.09. The normalized spacial score (nSPS) is 10.3. The van der Waals surface area contributed by atoms with Crippen molar-refractivity contribution in [2.24, 2.45) is 0 Å². The first-order valence-electron chi connectivity index (χ1n) is 7.74. The van der Waals surface area contributed by atoms with Crippen molar-refractivity contribution in [3.63, 3.8) is 0 Å². The summed E-state index contributed by atoms with van der Waals surface area (Å²) in [6, 6.07) is 10.1. The van der Waals surface area contributed by atoms with Gasteiger partial charge in [-0.05, 0) is 30.5 Å². The van der Waals surface area contributed by atoms with Crippen LogP contribution in [-0.2, 0) is 6.42 Å². The van der Waals surface area contributed by atoms with Crippen molar-refractivity contribution in [1.82, 2.24) is 9.97 Å². The zero-order chi connectivity index (χ0) is 15.6. The Morgan fingerprint density at radius 3 is 2.55 bits per heavy atom. The Bertz CT molecular complexity index is 574. The Kier molecular flexibility index (Phi) is 6.48. The van der Waals surface area contributed by atoms with Gasteiger partial charge in [-0.2, -0.15) is 0 Å². The van der Waals surface area contributed by atoms with Crippen LogP contribution < -0.4 is 15.4 Å². The highest BCUT2D eigenvalue weighted by Crippen LogP contribution is 2.13. The van der Waals surface area contributed by atoms with Crippen molar-refractivity contribution in [2.75, 3.05) is 30.8 Å². The molecule has 0 unspecified atom stereocenters. The fraction of sp³-hybridized carbons (Fsp3) is 0.412. The van der Waals surface area contributed by atoms with E-state index in [2.05, 4.69) is 39.7 Å². The molecule has 5 heteroatoms. The van der Waals surface area contributed by atoms with Crippen LogP contribution in [-0.4, -0.2) is 30.2 Å². The molecule has 0 fully saturated rings. The van der Waals surface area contributed by atoms with Gasteiger partial charge in [-0.3, -0.25) is 0 Å². The van der Waals surface area contributed by atoms with E-state index < -0.39 is 0 Å². The van der Waals surface area contributed by atoms with Gasteiger partial charge in [-0.1, -0.05) is 25.5 Å². The van der Waals surface area contributed by atoms with Gasteiger partial charge in [0.15, 0.2) is 0 Å². The van der Waals surface area contributed by atoms with Gasteiger partial charge < -0.3 is 15.4 Å². The lowest BCUT2D eigenvalue weighted by atomic mass is 10.1. The third-order valence-electron chi connectivity index (χ3n) is 3.36. The lowest BCUT2D eigenvalue weighted by Crippen LogP contribution is -2.08. The number of unbranched alkanes of at least 4 members (excludes halogenated alkanes) is 1. The van der Waals surface area contributed by atoms with Crippen molar-refractivity contribution in [1.29, 1.82) is 0 Å². The van der Waals surface area contributed by atoms with E-state index >= 15 is 0 Å². The fourth-order valence-electron chi connectivity index (χ4n) is 2.11. The molecule has 5 nitrogen and oxygen atoms in total. The summed E-state index contributed by atoms with van der Waals surface area (Å²) in [6.07, 6.45) is 4.81. The van der Waals surface area contributed by atoms with Gasteiger partial charge >= 0.3 is 0 Å². The van der Waals surface area contributed by atoms with Gasteiger partial charge in [-0.15, -0.1) is 0 Å². The molecule has 0 saturated carbocycles. The van der Waals surface area contributed by atoms with Gasteiger partial charge in [0, 0.05) is 19.2 Å². The first-order valence-corrected chi connectivity index (χ1v) is 7.74. The molecule has 0 spiro atoms. The zero-order valence-corrected chi connectivity index (χ0v) is 13.3. The average Bonchev–Trinajstić information content (AvgIpc) is 2.56. The molecule has 2 N–H and O–H groups in total. The average molecular weight is 300 g/mol. The van der Waals surface area contributed by atoms with E-state index in [1.165, 1.54) is 12.0 Å². The molecular formula is C17H24N4O. The van der Waals surface area contributed by atoms with E-state index in [-0.39, 0.29) is 0 Å². The third kappa shape index (κ3) is 5.24. The Morgan fingerprint density at radius 2 is 1.82 bits per heavy atom. The molecule has 1 heterocycles. The lowest BCUT2D eigenvalue weighted by molar-refractivity contribution is 0.414. The summed E-state index contributed by atoms with van der Waals surface area (Å²) in [5.74, 6) is 2.60. The molecule has 2 aromatic rings. The molecule has 1 aromatic carbocycles. The molecule has 0 aliphatic rings. The number of hydrogen-bond acceptors (Lipinski definition) is 5. The van der Waals surface area contributed by atoms with Crippen LogP contribution in [0, 0.1) is 0 Å². The highest BCUT2D eigenvalue weighted by molar-refractivity contribution is 5.46. The standard InChI is InChI=1S/C17H24N4O/c1-3-4-9-18-16-12-17(21-13-20-16)19-10-8-14-6-5-7-15(11-14)22-2/h5-7,11-13H,3-4,8-10H2,1-2H3,(H2,18,19,20,21). The molecule has 22 heavy (non-hydrogen) atoms. The van der Waals surface area contributed by atoms with Crippen molar-refractivity contribution < 1.29 is 4.74 Å². The second-order valence-electron chi connectivity index (χ2n) is 5.10. The molecule has 0 bridgehead atoms. The van der Waals surface area contributed by atoms with Crippen LogP contribution in [0.3, 0.4) is 0 Å². The van der Waals surface area contributed by atoms with Crippen molar-refractivity contribution in [3.05, 3.63) is 42.2 Å². The van der Waals surface area contributed by atoms with Crippen LogP contribution in [0.25, 0.3) is 0 Å². The molecule has 0 aliphatic heterocycles. The summed E-state index contributed by atoms with van der Waals surface area (Å²) in [6.45, 7) is 3.93. The van der Waals surface area contributed by atoms with Gasteiger partial charge in [0.2, 0.25) is 0 Å². The number of aromatic nitrogens is 2. The molecular weight excluding hydrogens is 276 g/mol. The van der Waals surface area contributed by atoms with Crippen molar-refractivity contribution >= 4 is 11.6 Å². The number of ether oxygens (including phenoxy) is 1. The number of nitrogens with one attached hydrogen (secondary N) is 2. The molecule has 0 aliphatic carbocycles. The molecule has 2 rings (SSSR count). The Morgan fingerprint density at radius 1 is 1.05 bits per heavy atom. The first kappa shape index (κ1) is 16.1. The summed E-state index contributed by atoms with van der Waals surface area (Å²) < 4.78 is 5.23. The van der Waals surface area contributed by atoms with Crippen LogP contribution in [0.5, 0.6) is 5.75 Å². The minimum absolute atomic E-state index is 0.818. The number of benzene rings is 1. The van der Waals surface area contributed by atoms with Crippen LogP contribution in [0.4, 0.5) is 11.6 Å². The summed E-state index contributed by atoms with van der Waals surface area (Å²) >= 11 is 0. The predicted molar refractivity (Wildman–Crippen MR) is 90.6 cm³/mol. The maximum atomic E-state index is 5.23. The maximum Gasteiger partial charge on any atom is 0.131 e. The zero-order valence-electron chi connectivity index (χ0n) is 13.3. The van der Waals surface area contributed by atoms with E-state index in [1.807, 2.05) is 18.2 Å². The number of methoxy groups -OCH3 is 1. The smallest absolute Gasteiger partial charge is 0.131 e. The Balaban J connectivity index is 1.82. The van der Waals surface area contributed by atoms with Crippen LogP contribution in [0.2, 0.25) is 0 Å². The molecule has 118 valence electrons. The van der Waals surface area contributed by atoms with Crippen LogP contribution in [0.15, 0.2) is 36.7 Å². The molecule has 0 amide bonds. The minimum atomic E-state index is 0.818. The number of nitrogens with zero attached hydrogens (tertiary/aromatic N) is 2. The van der Waals surface area contributed by atoms with Crippen LogP contribution in [0.1, 0.15) is 25.3 Å². The summed E-state index contributed by atoms with van der Waals surface area (Å²) in [5.41, 5.74) is 1.24. The summed E-state index contributed by atoms with van der Waals surface area (Å²) in [5, 5.41) is 6.63. The van der Waals surface area contributed by atoms with Gasteiger partial charge in [0.1, 0.15) is 23.7 Å². The second kappa shape index (κ2) is 8.87. The van der Waals surface area contributed by atoms with Gasteiger partial charge in [-0.25, -0.2) is 9.97 Å². The van der Waals surface area contributed by atoms with E-state index in [0.717, 1.165) is 43.3 Å². The second-order valence-corrected chi connectivity index (χ2v) is 5.10. The number of hydrogen-bond donors (Lipinski definition) is 2. The topological polar surface area (TPSA) is 59.1 Å². The van der Waals surface area contributed by atoms with Gasteiger partial charge in [0.05, 0.1) is 7.11 Å². The molecule has 0 atom stereocenters. The van der Waals surface area contributed by atoms with Crippen molar-refractivity contribution in [3.8, 4) is 5.75 Å². The quantitative estimate of drug-likeness (QED) is 0.695. The summed E-state index contributed by atoms with van der Waals surface area (Å²) in [7, 11) is 1.69. The highest BCUT2D eigenvalue weighted by Gasteiger charge is 1.99. The highest BCUT2D eigenvalue weighted by atomic mass is 16.5. The fourth-order valence-corrected chi connectivity index (χ4v) is 2.11. The predicted octanol–water partition coefficient (Wildman–Crippen LogP) is 3.35. The van der Waals surface area contributed by atoms with E-state index in [1.54, 1.807) is 13.4 Å². The van der Waals surface area contributed by atoms with Gasteiger partial charge in [0.25, 0.3) is 0 Å². The molecule has 1 aromatic heterocycles. The monoisotopic (exact) mass is 300 g/mol.